The van der Waals surface area contributed by atoms with Crippen LogP contribution in [0, 0.1) is 17.8 Å². The van der Waals surface area contributed by atoms with E-state index in [-0.39, 0.29) is 35.5 Å². The zero-order valence-electron chi connectivity index (χ0n) is 15.7. The van der Waals surface area contributed by atoms with E-state index in [0.717, 1.165) is 5.56 Å². The van der Waals surface area contributed by atoms with Gasteiger partial charge in [-0.1, -0.05) is 49.7 Å². The van der Waals surface area contributed by atoms with Crippen LogP contribution >= 0.6 is 11.6 Å². The minimum atomic E-state index is -0.761. The molecule has 1 aliphatic heterocycles. The molecule has 1 saturated heterocycles. The first kappa shape index (κ1) is 19.6. The van der Waals surface area contributed by atoms with Crippen molar-refractivity contribution in [1.82, 2.24) is 10.2 Å². The van der Waals surface area contributed by atoms with Crippen LogP contribution in [0.3, 0.4) is 0 Å². The Balaban J connectivity index is 1.75. The second-order valence-corrected chi connectivity index (χ2v) is 8.13. The van der Waals surface area contributed by atoms with Gasteiger partial charge in [0.15, 0.2) is 0 Å². The van der Waals surface area contributed by atoms with E-state index in [1.54, 1.807) is 12.1 Å². The molecule has 1 fully saturated rings. The summed E-state index contributed by atoms with van der Waals surface area (Å²) in [5, 5.41) is 3.51. The summed E-state index contributed by atoms with van der Waals surface area (Å²) < 4.78 is 0. The molecule has 1 aromatic carbocycles. The molecule has 5 nitrogen and oxygen atoms in total. The van der Waals surface area contributed by atoms with Gasteiger partial charge >= 0.3 is 0 Å². The lowest BCUT2D eigenvalue weighted by Gasteiger charge is -2.27. The molecule has 27 heavy (non-hydrogen) atoms. The van der Waals surface area contributed by atoms with Gasteiger partial charge in [-0.25, -0.2) is 0 Å². The molecule has 144 valence electrons. The maximum absolute atomic E-state index is 12.9. The number of halogens is 1. The standard InChI is InChI=1S/C21H25ClN2O3/c1-13(2)11-18(19(25)23-12-14-7-9-15(22)10-8-14)24-20(26)16-5-3-4-6-17(16)21(24)27/h3-4,7-10,13,16-18H,5-6,11-12H2,1-2H3,(H,23,25). The highest BCUT2D eigenvalue weighted by atomic mass is 35.5. The van der Waals surface area contributed by atoms with E-state index in [1.807, 2.05) is 38.1 Å². The lowest BCUT2D eigenvalue weighted by atomic mass is 9.85. The Hall–Kier alpha value is -2.14. The van der Waals surface area contributed by atoms with Gasteiger partial charge in [0.05, 0.1) is 11.8 Å². The molecule has 0 aromatic heterocycles. The molecule has 1 aliphatic carbocycles. The average Bonchev–Trinajstić information content (AvgIpc) is 2.90. The largest absolute Gasteiger partial charge is 0.350 e. The number of nitrogens with zero attached hydrogens (tertiary/aromatic N) is 1. The Kier molecular flexibility index (Phi) is 6.00. The van der Waals surface area contributed by atoms with E-state index in [0.29, 0.717) is 30.8 Å². The number of imide groups is 1. The smallest absolute Gasteiger partial charge is 0.243 e. The van der Waals surface area contributed by atoms with Crippen molar-refractivity contribution in [2.24, 2.45) is 17.8 Å². The molecule has 1 aromatic rings. The number of benzene rings is 1. The average molecular weight is 389 g/mol. The number of hydrogen-bond acceptors (Lipinski definition) is 3. The summed E-state index contributed by atoms with van der Waals surface area (Å²) in [6.45, 7) is 4.30. The summed E-state index contributed by atoms with van der Waals surface area (Å²) >= 11 is 5.89. The topological polar surface area (TPSA) is 66.5 Å². The van der Waals surface area contributed by atoms with Crippen LogP contribution in [0.25, 0.3) is 0 Å². The van der Waals surface area contributed by atoms with Crippen molar-refractivity contribution in [1.29, 1.82) is 0 Å². The Labute approximate surface area is 164 Å². The van der Waals surface area contributed by atoms with Crippen LogP contribution in [0.4, 0.5) is 0 Å². The molecule has 2 aliphatic rings. The molecule has 1 heterocycles. The maximum Gasteiger partial charge on any atom is 0.243 e. The highest BCUT2D eigenvalue weighted by Crippen LogP contribution is 2.37. The third kappa shape index (κ3) is 4.24. The van der Waals surface area contributed by atoms with E-state index >= 15 is 0 Å². The Morgan fingerprint density at radius 3 is 2.19 bits per heavy atom. The zero-order chi connectivity index (χ0) is 19.6. The molecule has 0 radical (unpaired) electrons. The fraction of sp³-hybridized carbons (Fsp3) is 0.476. The van der Waals surface area contributed by atoms with Crippen molar-refractivity contribution in [2.45, 2.75) is 45.7 Å². The minimum Gasteiger partial charge on any atom is -0.350 e. The van der Waals surface area contributed by atoms with Crippen LogP contribution in [-0.2, 0) is 20.9 Å². The molecule has 0 saturated carbocycles. The number of fused-ring (bicyclic) bond motifs is 1. The molecule has 3 atom stereocenters. The van der Waals surface area contributed by atoms with Crippen LogP contribution in [0.5, 0.6) is 0 Å². The number of carbonyl (C=O) groups is 3. The number of allylic oxidation sites excluding steroid dienone is 2. The van der Waals surface area contributed by atoms with Crippen LogP contribution in [0.2, 0.25) is 5.02 Å². The molecule has 0 spiro atoms. The number of amides is 3. The van der Waals surface area contributed by atoms with Gasteiger partial charge in [0.1, 0.15) is 6.04 Å². The van der Waals surface area contributed by atoms with E-state index < -0.39 is 6.04 Å². The van der Waals surface area contributed by atoms with Crippen LogP contribution in [0.1, 0.15) is 38.7 Å². The SMILES string of the molecule is CC(C)CC(C(=O)NCc1ccc(Cl)cc1)N1C(=O)C2CC=CCC2C1=O. The van der Waals surface area contributed by atoms with Gasteiger partial charge in [0, 0.05) is 11.6 Å². The van der Waals surface area contributed by atoms with Crippen molar-refractivity contribution >= 4 is 29.3 Å². The summed E-state index contributed by atoms with van der Waals surface area (Å²) in [6, 6.07) is 6.45. The van der Waals surface area contributed by atoms with Gasteiger partial charge in [-0.3, -0.25) is 19.3 Å². The summed E-state index contributed by atoms with van der Waals surface area (Å²) in [5.74, 6) is -1.16. The predicted molar refractivity (Wildman–Crippen MR) is 104 cm³/mol. The molecule has 1 N–H and O–H groups in total. The van der Waals surface area contributed by atoms with Crippen molar-refractivity contribution < 1.29 is 14.4 Å². The molecule has 0 bridgehead atoms. The van der Waals surface area contributed by atoms with Gasteiger partial charge in [-0.2, -0.15) is 0 Å². The fourth-order valence-electron chi connectivity index (χ4n) is 3.82. The molecule has 3 rings (SSSR count). The zero-order valence-corrected chi connectivity index (χ0v) is 16.4. The molecule has 3 amide bonds. The molecule has 3 unspecified atom stereocenters. The summed E-state index contributed by atoms with van der Waals surface area (Å²) in [7, 11) is 0. The van der Waals surface area contributed by atoms with Gasteiger partial charge in [0.25, 0.3) is 0 Å². The van der Waals surface area contributed by atoms with E-state index in [1.165, 1.54) is 4.90 Å². The number of carbonyl (C=O) groups excluding carboxylic acids is 3. The second kappa shape index (κ2) is 8.26. The summed E-state index contributed by atoms with van der Waals surface area (Å²) in [6.07, 6.45) is 5.51. The number of hydrogen-bond donors (Lipinski definition) is 1. The number of nitrogens with one attached hydrogen (secondary N) is 1. The van der Waals surface area contributed by atoms with Gasteiger partial charge in [-0.15, -0.1) is 0 Å². The summed E-state index contributed by atoms with van der Waals surface area (Å²) in [5.41, 5.74) is 0.910. The lowest BCUT2D eigenvalue weighted by Crippen LogP contribution is -2.50. The first-order chi connectivity index (χ1) is 12.9. The van der Waals surface area contributed by atoms with Gasteiger partial charge in [0.2, 0.25) is 17.7 Å². The van der Waals surface area contributed by atoms with E-state index in [4.69, 9.17) is 11.6 Å². The summed E-state index contributed by atoms with van der Waals surface area (Å²) in [4.78, 5) is 39.9. The molecular weight excluding hydrogens is 364 g/mol. The normalized spacial score (nSPS) is 22.9. The minimum absolute atomic E-state index is 0.178. The second-order valence-electron chi connectivity index (χ2n) is 7.69. The monoisotopic (exact) mass is 388 g/mol. The van der Waals surface area contributed by atoms with Crippen molar-refractivity contribution in [3.63, 3.8) is 0 Å². The van der Waals surface area contributed by atoms with Crippen LogP contribution in [0.15, 0.2) is 36.4 Å². The first-order valence-corrected chi connectivity index (χ1v) is 9.80. The number of rotatable bonds is 6. The van der Waals surface area contributed by atoms with E-state index in [2.05, 4.69) is 5.32 Å². The van der Waals surface area contributed by atoms with Crippen molar-refractivity contribution in [2.75, 3.05) is 0 Å². The van der Waals surface area contributed by atoms with Crippen molar-refractivity contribution in [3.8, 4) is 0 Å². The highest BCUT2D eigenvalue weighted by molar-refractivity contribution is 6.30. The Morgan fingerprint density at radius 1 is 1.11 bits per heavy atom. The molecule has 6 heteroatoms. The Bertz CT molecular complexity index is 731. The predicted octanol–water partition coefficient (Wildman–Crippen LogP) is 3.32. The lowest BCUT2D eigenvalue weighted by molar-refractivity contribution is -0.148. The van der Waals surface area contributed by atoms with E-state index in [9.17, 15) is 14.4 Å². The van der Waals surface area contributed by atoms with Crippen LogP contribution in [-0.4, -0.2) is 28.7 Å². The third-order valence-corrected chi connectivity index (χ3v) is 5.48. The Morgan fingerprint density at radius 2 is 1.67 bits per heavy atom. The van der Waals surface area contributed by atoms with Gasteiger partial charge < -0.3 is 5.32 Å². The first-order valence-electron chi connectivity index (χ1n) is 9.42. The quantitative estimate of drug-likeness (QED) is 0.600. The van der Waals surface area contributed by atoms with Crippen molar-refractivity contribution in [3.05, 3.63) is 47.0 Å². The van der Waals surface area contributed by atoms with Gasteiger partial charge in [-0.05, 0) is 42.9 Å². The fourth-order valence-corrected chi connectivity index (χ4v) is 3.94. The van der Waals surface area contributed by atoms with Crippen LogP contribution < -0.4 is 5.32 Å². The maximum atomic E-state index is 12.9. The highest BCUT2D eigenvalue weighted by Gasteiger charge is 2.51. The third-order valence-electron chi connectivity index (χ3n) is 5.23. The number of likely N-dealkylation sites (tertiary alicyclic amines) is 1. The molecular formula is C21H25ClN2O3.